The van der Waals surface area contributed by atoms with Crippen LogP contribution in [0.4, 0.5) is 0 Å². The van der Waals surface area contributed by atoms with Gasteiger partial charge in [-0.3, -0.25) is 0 Å². The first-order chi connectivity index (χ1) is 5.27. The minimum absolute atomic E-state index is 0.346. The van der Waals surface area contributed by atoms with Crippen LogP contribution >= 0.6 is 24.0 Å². The van der Waals surface area contributed by atoms with E-state index in [4.69, 9.17) is 4.42 Å². The molecule has 11 heavy (non-hydrogen) atoms. The van der Waals surface area contributed by atoms with Gasteiger partial charge in [-0.2, -0.15) is 0 Å². The van der Waals surface area contributed by atoms with Gasteiger partial charge < -0.3 is 4.42 Å². The van der Waals surface area contributed by atoms with E-state index in [0.29, 0.717) is 5.09 Å². The van der Waals surface area contributed by atoms with Crippen LogP contribution in [-0.2, 0) is 0 Å². The summed E-state index contributed by atoms with van der Waals surface area (Å²) in [5, 5.41) is 3.21. The van der Waals surface area contributed by atoms with Gasteiger partial charge in [0.05, 0.1) is 4.70 Å². The fourth-order valence-electron chi connectivity index (χ4n) is 0.905. The maximum Gasteiger partial charge on any atom is 0.337 e. The van der Waals surface area contributed by atoms with Crippen LogP contribution in [0.25, 0.3) is 10.1 Å². The summed E-state index contributed by atoms with van der Waals surface area (Å²) in [7, 11) is 0. The van der Waals surface area contributed by atoms with Crippen LogP contribution in [0, 0.1) is 0 Å². The van der Waals surface area contributed by atoms with Crippen LogP contribution in [-0.4, -0.2) is 0 Å². The molecule has 0 aliphatic rings. The summed E-state index contributed by atoms with van der Waals surface area (Å²) in [5.41, 5.74) is -0.346. The van der Waals surface area contributed by atoms with Gasteiger partial charge in [0.15, 0.2) is 5.09 Å². The number of thiol groups is 1. The van der Waals surface area contributed by atoms with E-state index in [1.165, 1.54) is 17.4 Å². The predicted molar refractivity (Wildman–Crippen MR) is 47.6 cm³/mol. The molecule has 2 rings (SSSR count). The summed E-state index contributed by atoms with van der Waals surface area (Å²) in [5.74, 6) is 0. The zero-order chi connectivity index (χ0) is 7.84. The Balaban J connectivity index is 3.02. The molecule has 4 heteroatoms. The minimum atomic E-state index is -0.346. The van der Waals surface area contributed by atoms with Crippen molar-refractivity contribution in [2.75, 3.05) is 0 Å². The smallest absolute Gasteiger partial charge is 0.337 e. The van der Waals surface area contributed by atoms with E-state index in [0.717, 1.165) is 10.1 Å². The molecule has 0 amide bonds. The summed E-state index contributed by atoms with van der Waals surface area (Å²) in [6.07, 6.45) is 0. The topological polar surface area (TPSA) is 30.2 Å². The SMILES string of the molecule is O=c1cc2ccsc2c(S)o1. The van der Waals surface area contributed by atoms with E-state index in [9.17, 15) is 4.79 Å². The van der Waals surface area contributed by atoms with Gasteiger partial charge in [-0.1, -0.05) is 0 Å². The fraction of sp³-hybridized carbons (Fsp3) is 0. The monoisotopic (exact) mass is 184 g/mol. The average molecular weight is 184 g/mol. The Kier molecular flexibility index (Phi) is 1.51. The zero-order valence-corrected chi connectivity index (χ0v) is 7.11. The molecule has 0 saturated heterocycles. The minimum Gasteiger partial charge on any atom is -0.415 e. The highest BCUT2D eigenvalue weighted by Gasteiger charge is 2.01. The van der Waals surface area contributed by atoms with Gasteiger partial charge in [-0.25, -0.2) is 4.79 Å². The van der Waals surface area contributed by atoms with Crippen molar-refractivity contribution in [1.82, 2.24) is 0 Å². The Labute approximate surface area is 71.9 Å². The summed E-state index contributed by atoms with van der Waals surface area (Å²) < 4.78 is 5.69. The van der Waals surface area contributed by atoms with E-state index in [2.05, 4.69) is 12.6 Å². The third-order valence-corrected chi connectivity index (χ3v) is 2.76. The van der Waals surface area contributed by atoms with Crippen LogP contribution in [0.5, 0.6) is 0 Å². The highest BCUT2D eigenvalue weighted by molar-refractivity contribution is 7.80. The lowest BCUT2D eigenvalue weighted by atomic mass is 10.3. The molecule has 0 aliphatic heterocycles. The number of hydrogen-bond donors (Lipinski definition) is 1. The molecular formula is C7H4O2S2. The fourth-order valence-corrected chi connectivity index (χ4v) is 2.04. The maximum atomic E-state index is 10.8. The van der Waals surface area contributed by atoms with Crippen molar-refractivity contribution in [3.63, 3.8) is 0 Å². The highest BCUT2D eigenvalue weighted by Crippen LogP contribution is 2.24. The first kappa shape index (κ1) is 6.94. The molecule has 2 aromatic heterocycles. The Morgan fingerprint density at radius 1 is 1.55 bits per heavy atom. The van der Waals surface area contributed by atoms with Gasteiger partial charge in [0.1, 0.15) is 0 Å². The molecule has 0 radical (unpaired) electrons. The number of hydrogen-bond acceptors (Lipinski definition) is 4. The van der Waals surface area contributed by atoms with Gasteiger partial charge in [-0.05, 0) is 11.4 Å². The lowest BCUT2D eigenvalue weighted by molar-refractivity contribution is 0.435. The molecule has 56 valence electrons. The van der Waals surface area contributed by atoms with Crippen LogP contribution in [0.3, 0.4) is 0 Å². The van der Waals surface area contributed by atoms with Gasteiger partial charge in [0.2, 0.25) is 0 Å². The third kappa shape index (κ3) is 1.08. The zero-order valence-electron chi connectivity index (χ0n) is 5.40. The molecule has 2 nitrogen and oxygen atoms in total. The van der Waals surface area contributed by atoms with Crippen molar-refractivity contribution < 1.29 is 4.42 Å². The summed E-state index contributed by atoms with van der Waals surface area (Å²) in [6, 6.07) is 3.34. The Bertz CT molecular complexity index is 441. The predicted octanol–water partition coefficient (Wildman–Crippen LogP) is 2.14. The van der Waals surface area contributed by atoms with Crippen LogP contribution in [0.15, 0.2) is 31.8 Å². The van der Waals surface area contributed by atoms with E-state index in [1.54, 1.807) is 0 Å². The summed E-state index contributed by atoms with van der Waals surface area (Å²) in [4.78, 5) is 10.8. The molecular weight excluding hydrogens is 180 g/mol. The normalized spacial score (nSPS) is 10.6. The van der Waals surface area contributed by atoms with Crippen molar-refractivity contribution in [3.05, 3.63) is 27.9 Å². The second kappa shape index (κ2) is 2.39. The standard InChI is InChI=1S/C7H4O2S2/c8-5-3-4-1-2-11-6(4)7(10)9-5/h1-3,10H. The Morgan fingerprint density at radius 3 is 3.18 bits per heavy atom. The van der Waals surface area contributed by atoms with Crippen molar-refractivity contribution in [2.45, 2.75) is 5.09 Å². The quantitative estimate of drug-likeness (QED) is 0.636. The summed E-state index contributed by atoms with van der Waals surface area (Å²) >= 11 is 5.54. The van der Waals surface area contributed by atoms with Crippen LogP contribution in [0.1, 0.15) is 0 Å². The molecule has 0 fully saturated rings. The van der Waals surface area contributed by atoms with Gasteiger partial charge in [0, 0.05) is 11.5 Å². The molecule has 0 saturated carbocycles. The van der Waals surface area contributed by atoms with E-state index < -0.39 is 0 Å². The van der Waals surface area contributed by atoms with Crippen molar-refractivity contribution >= 4 is 34.1 Å². The molecule has 0 unspecified atom stereocenters. The molecule has 0 N–H and O–H groups in total. The van der Waals surface area contributed by atoms with Crippen LogP contribution < -0.4 is 5.63 Å². The molecule has 0 spiro atoms. The van der Waals surface area contributed by atoms with E-state index in [1.807, 2.05) is 11.4 Å². The van der Waals surface area contributed by atoms with Crippen molar-refractivity contribution in [2.24, 2.45) is 0 Å². The summed E-state index contributed by atoms with van der Waals surface area (Å²) in [6.45, 7) is 0. The van der Waals surface area contributed by atoms with Gasteiger partial charge >= 0.3 is 5.63 Å². The average Bonchev–Trinajstić information content (AvgIpc) is 2.34. The third-order valence-electron chi connectivity index (χ3n) is 1.36. The molecule has 2 heterocycles. The Hall–Kier alpha value is -0.740. The van der Waals surface area contributed by atoms with Crippen molar-refractivity contribution in [1.29, 1.82) is 0 Å². The molecule has 0 bridgehead atoms. The largest absolute Gasteiger partial charge is 0.415 e. The van der Waals surface area contributed by atoms with Crippen LogP contribution in [0.2, 0.25) is 0 Å². The Morgan fingerprint density at radius 2 is 2.36 bits per heavy atom. The lowest BCUT2D eigenvalue weighted by Crippen LogP contribution is -1.94. The number of thiophene rings is 1. The maximum absolute atomic E-state index is 10.8. The van der Waals surface area contributed by atoms with E-state index >= 15 is 0 Å². The second-order valence-electron chi connectivity index (χ2n) is 2.08. The molecule has 0 aliphatic carbocycles. The number of fused-ring (bicyclic) bond motifs is 1. The second-order valence-corrected chi connectivity index (χ2v) is 3.40. The first-order valence-electron chi connectivity index (χ1n) is 2.98. The van der Waals surface area contributed by atoms with Crippen molar-refractivity contribution in [3.8, 4) is 0 Å². The van der Waals surface area contributed by atoms with E-state index in [-0.39, 0.29) is 5.63 Å². The van der Waals surface area contributed by atoms with Gasteiger partial charge in [0.25, 0.3) is 0 Å². The molecule has 2 aromatic rings. The highest BCUT2D eigenvalue weighted by atomic mass is 32.1. The molecule has 0 atom stereocenters. The van der Waals surface area contributed by atoms with Gasteiger partial charge in [-0.15, -0.1) is 24.0 Å². The number of rotatable bonds is 0. The molecule has 0 aromatic carbocycles. The lowest BCUT2D eigenvalue weighted by Gasteiger charge is -1.89. The first-order valence-corrected chi connectivity index (χ1v) is 4.30.